The predicted octanol–water partition coefficient (Wildman–Crippen LogP) is 1.13. The molecule has 1 aromatic rings. The van der Waals surface area contributed by atoms with Gasteiger partial charge in [0, 0.05) is 13.0 Å². The Kier molecular flexibility index (Phi) is 5.00. The highest BCUT2D eigenvalue weighted by Gasteiger charge is 2.67. The summed E-state index contributed by atoms with van der Waals surface area (Å²) in [5.74, 6) is -2.98. The first-order chi connectivity index (χ1) is 9.62. The fourth-order valence-electron chi connectivity index (χ4n) is 1.49. The molecule has 0 unspecified atom stereocenters. The number of amides is 1. The Labute approximate surface area is 122 Å². The number of ether oxygens (including phenoxy) is 1. The number of nitrogens with one attached hydrogen (secondary N) is 3. The van der Waals surface area contributed by atoms with Crippen LogP contribution in [0.4, 0.5) is 19.0 Å². The van der Waals surface area contributed by atoms with Gasteiger partial charge in [0.1, 0.15) is 6.20 Å². The Morgan fingerprint density at radius 2 is 1.95 bits per heavy atom. The van der Waals surface area contributed by atoms with Gasteiger partial charge in [0.15, 0.2) is 0 Å². The minimum Gasteiger partial charge on any atom is -0.464 e. The Balaban J connectivity index is 3.30. The fourth-order valence-corrected chi connectivity index (χ4v) is 1.61. The largest absolute Gasteiger partial charge is 0.464 e. The van der Waals surface area contributed by atoms with Gasteiger partial charge >= 0.3 is 17.8 Å². The molecule has 0 saturated heterocycles. The molecule has 0 bridgehead atoms. The molecule has 0 aromatic carbocycles. The number of aromatic nitrogens is 1. The van der Waals surface area contributed by atoms with Gasteiger partial charge in [-0.1, -0.05) is 11.6 Å². The van der Waals surface area contributed by atoms with E-state index in [-0.39, 0.29) is 10.8 Å². The summed E-state index contributed by atoms with van der Waals surface area (Å²) in [6.07, 6.45) is -3.95. The molecular weight excluding hydrogens is 315 g/mol. The highest BCUT2D eigenvalue weighted by Crippen LogP contribution is 2.32. The number of aromatic amines is 1. The first kappa shape index (κ1) is 17.0. The van der Waals surface area contributed by atoms with Crippen LogP contribution in [-0.4, -0.2) is 30.8 Å². The van der Waals surface area contributed by atoms with Crippen molar-refractivity contribution >= 4 is 29.3 Å². The van der Waals surface area contributed by atoms with Crippen molar-refractivity contribution < 1.29 is 32.5 Å². The van der Waals surface area contributed by atoms with Crippen molar-refractivity contribution in [2.45, 2.75) is 18.8 Å². The molecule has 10 heteroatoms. The summed E-state index contributed by atoms with van der Waals surface area (Å²) < 4.78 is 44.1. The van der Waals surface area contributed by atoms with Crippen LogP contribution in [0.15, 0.2) is 18.3 Å². The molecule has 0 saturated carbocycles. The van der Waals surface area contributed by atoms with Crippen LogP contribution < -0.4 is 15.6 Å². The maximum atomic E-state index is 13.3. The number of H-pyrrole nitrogens is 1. The van der Waals surface area contributed by atoms with E-state index in [4.69, 9.17) is 11.6 Å². The highest BCUT2D eigenvalue weighted by atomic mass is 35.5. The molecule has 0 spiro atoms. The quantitative estimate of drug-likeness (QED) is 0.642. The summed E-state index contributed by atoms with van der Waals surface area (Å²) in [4.78, 5) is 25.1. The van der Waals surface area contributed by atoms with Crippen LogP contribution in [0.3, 0.4) is 0 Å². The van der Waals surface area contributed by atoms with Crippen molar-refractivity contribution in [1.82, 2.24) is 5.32 Å². The normalized spacial score (nSPS) is 14.0. The van der Waals surface area contributed by atoms with E-state index < -0.39 is 23.7 Å². The summed E-state index contributed by atoms with van der Waals surface area (Å²) in [7, 11) is 0.776. The molecule has 116 valence electrons. The van der Waals surface area contributed by atoms with Gasteiger partial charge in [0.25, 0.3) is 5.82 Å². The Hall–Kier alpha value is -2.03. The van der Waals surface area contributed by atoms with Gasteiger partial charge in [-0.15, -0.1) is 0 Å². The van der Waals surface area contributed by atoms with E-state index in [2.05, 4.69) is 9.72 Å². The van der Waals surface area contributed by atoms with E-state index in [1.165, 1.54) is 18.3 Å². The second-order valence-corrected chi connectivity index (χ2v) is 4.40. The summed E-state index contributed by atoms with van der Waals surface area (Å²) in [6, 6.07) is 2.47. The second kappa shape index (κ2) is 6.17. The molecule has 3 N–H and O–H groups in total. The van der Waals surface area contributed by atoms with Gasteiger partial charge in [0.05, 0.1) is 12.1 Å². The third-order valence-electron chi connectivity index (χ3n) is 2.38. The van der Waals surface area contributed by atoms with Gasteiger partial charge in [0.2, 0.25) is 5.91 Å². The summed E-state index contributed by atoms with van der Waals surface area (Å²) in [6.45, 7) is 0.844. The van der Waals surface area contributed by atoms with E-state index >= 15 is 0 Å². The number of esters is 1. The number of halogens is 4. The average Bonchev–Trinajstić information content (AvgIpc) is 2.37. The van der Waals surface area contributed by atoms with E-state index in [1.807, 2.05) is 5.32 Å². The lowest BCUT2D eigenvalue weighted by Crippen LogP contribution is -2.69. The molecule has 1 heterocycles. The SMILES string of the molecule is COC(=O)[C@@](NC(C)=O)(Nc1ccc(Cl)c[nH+]1)C(F)(F)F. The van der Waals surface area contributed by atoms with Crippen molar-refractivity contribution in [2.75, 3.05) is 12.4 Å². The van der Waals surface area contributed by atoms with E-state index in [0.717, 1.165) is 14.0 Å². The third-order valence-corrected chi connectivity index (χ3v) is 2.61. The number of rotatable bonds is 4. The number of carbonyl (C=O) groups excluding carboxylic acids is 2. The van der Waals surface area contributed by atoms with Gasteiger partial charge in [-0.2, -0.15) is 13.2 Å². The van der Waals surface area contributed by atoms with Crippen LogP contribution >= 0.6 is 11.6 Å². The smallest absolute Gasteiger partial charge is 0.464 e. The van der Waals surface area contributed by atoms with Gasteiger partial charge in [-0.25, -0.2) is 15.1 Å². The molecular formula is C11H12ClF3N3O3+. The number of carbonyl (C=O) groups is 2. The van der Waals surface area contributed by atoms with Gasteiger partial charge in [-0.05, 0) is 6.07 Å². The summed E-state index contributed by atoms with van der Waals surface area (Å²) >= 11 is 5.60. The fraction of sp³-hybridized carbons (Fsp3) is 0.364. The molecule has 1 amide bonds. The van der Waals surface area contributed by atoms with Crippen molar-refractivity contribution in [3.63, 3.8) is 0 Å². The number of alkyl halides is 3. The minimum atomic E-state index is -5.15. The Bertz CT molecular complexity index is 536. The van der Waals surface area contributed by atoms with Gasteiger partial charge < -0.3 is 4.74 Å². The zero-order chi connectivity index (χ0) is 16.3. The van der Waals surface area contributed by atoms with Crippen molar-refractivity contribution in [2.24, 2.45) is 0 Å². The summed E-state index contributed by atoms with van der Waals surface area (Å²) in [5.41, 5.74) is -3.42. The second-order valence-electron chi connectivity index (χ2n) is 3.97. The van der Waals surface area contributed by atoms with Crippen LogP contribution in [0, 0.1) is 0 Å². The number of anilines is 1. The van der Waals surface area contributed by atoms with Gasteiger partial charge in [-0.3, -0.25) is 10.1 Å². The van der Waals surface area contributed by atoms with E-state index in [9.17, 15) is 22.8 Å². The number of hydrogen-bond acceptors (Lipinski definition) is 4. The predicted molar refractivity (Wildman–Crippen MR) is 66.2 cm³/mol. The standard InChI is InChI=1S/C11H11ClF3N3O3/c1-6(19)17-10(9(20)21-2,11(13,14)15)18-8-4-3-7(12)5-16-8/h3-5H,1-2H3,(H,16,18)(H,17,19)/p+1/t10-/m1/s1. The van der Waals surface area contributed by atoms with Crippen LogP contribution in [0.5, 0.6) is 0 Å². The highest BCUT2D eigenvalue weighted by molar-refractivity contribution is 6.30. The maximum Gasteiger partial charge on any atom is 0.464 e. The molecule has 1 aromatic heterocycles. The van der Waals surface area contributed by atoms with Crippen LogP contribution in [0.2, 0.25) is 5.02 Å². The van der Waals surface area contributed by atoms with Crippen LogP contribution in [0.1, 0.15) is 6.92 Å². The maximum absolute atomic E-state index is 13.3. The third kappa shape index (κ3) is 3.75. The molecule has 0 aliphatic rings. The van der Waals surface area contributed by atoms with E-state index in [0.29, 0.717) is 0 Å². The number of hydrogen-bond donors (Lipinski definition) is 2. The van der Waals surface area contributed by atoms with Crippen molar-refractivity contribution in [1.29, 1.82) is 0 Å². The minimum absolute atomic E-state index is 0.198. The topological polar surface area (TPSA) is 81.6 Å². The number of pyridine rings is 1. The number of methoxy groups -OCH3 is 1. The molecule has 0 radical (unpaired) electrons. The molecule has 0 fully saturated rings. The Morgan fingerprint density at radius 1 is 1.33 bits per heavy atom. The molecule has 21 heavy (non-hydrogen) atoms. The first-order valence-corrected chi connectivity index (χ1v) is 5.89. The zero-order valence-corrected chi connectivity index (χ0v) is 11.7. The average molecular weight is 327 g/mol. The van der Waals surface area contributed by atoms with Crippen molar-refractivity contribution in [3.05, 3.63) is 23.4 Å². The summed E-state index contributed by atoms with van der Waals surface area (Å²) in [5, 5.41) is 3.69. The lowest BCUT2D eigenvalue weighted by molar-refractivity contribution is -0.362. The molecule has 0 aliphatic carbocycles. The molecule has 6 nitrogen and oxygen atoms in total. The van der Waals surface area contributed by atoms with Crippen LogP contribution in [0.25, 0.3) is 0 Å². The van der Waals surface area contributed by atoms with Crippen molar-refractivity contribution in [3.8, 4) is 0 Å². The molecule has 0 aliphatic heterocycles. The lowest BCUT2D eigenvalue weighted by Gasteiger charge is -2.29. The van der Waals surface area contributed by atoms with E-state index in [1.54, 1.807) is 5.32 Å². The monoisotopic (exact) mass is 326 g/mol. The molecule has 1 atom stereocenters. The van der Waals surface area contributed by atoms with Crippen LogP contribution in [-0.2, 0) is 14.3 Å². The zero-order valence-electron chi connectivity index (χ0n) is 11.0. The molecule has 1 rings (SSSR count). The first-order valence-electron chi connectivity index (χ1n) is 5.51. The lowest BCUT2D eigenvalue weighted by atomic mass is 10.1. The Morgan fingerprint density at radius 3 is 2.33 bits per heavy atom.